The Hall–Kier alpha value is 0.380. The van der Waals surface area contributed by atoms with E-state index in [1.54, 1.807) is 0 Å². The molecule has 14 heavy (non-hydrogen) atoms. The van der Waals surface area contributed by atoms with Crippen molar-refractivity contribution in [1.82, 2.24) is 0 Å². The minimum Gasteiger partial charge on any atom is -0.325 e. The molecule has 0 saturated carbocycles. The smallest absolute Gasteiger partial charge is 0.225 e. The zero-order valence-electron chi connectivity index (χ0n) is 7.19. The molecule has 0 bridgehead atoms. The third kappa shape index (κ3) is 3.86. The van der Waals surface area contributed by atoms with Crippen LogP contribution in [0.1, 0.15) is 6.42 Å². The van der Waals surface area contributed by atoms with Crippen LogP contribution < -0.4 is 5.32 Å². The van der Waals surface area contributed by atoms with Crippen molar-refractivity contribution < 1.29 is 4.79 Å². The van der Waals surface area contributed by atoms with E-state index in [-0.39, 0.29) is 5.91 Å². The fourth-order valence-electron chi connectivity index (χ4n) is 0.892. The number of hydrogen-bond acceptors (Lipinski definition) is 1. The number of hydrogen-bond donors (Lipinski definition) is 1. The first-order valence-electron chi connectivity index (χ1n) is 3.94. The molecule has 76 valence electrons. The van der Waals surface area contributed by atoms with Crippen LogP contribution in [0, 0.1) is 3.57 Å². The molecule has 1 N–H and O–H groups in total. The van der Waals surface area contributed by atoms with Gasteiger partial charge in [-0.1, -0.05) is 31.9 Å². The van der Waals surface area contributed by atoms with Gasteiger partial charge >= 0.3 is 0 Å². The van der Waals surface area contributed by atoms with E-state index in [2.05, 4.69) is 59.8 Å². The topological polar surface area (TPSA) is 29.1 Å². The normalized spacial score (nSPS) is 9.93. The monoisotopic (exact) mass is 431 g/mol. The highest BCUT2D eigenvalue weighted by molar-refractivity contribution is 14.1. The SMILES string of the molecule is O=C(CCBr)Nc1cc(Br)ccc1I. The van der Waals surface area contributed by atoms with Crippen LogP contribution in [0.25, 0.3) is 0 Å². The summed E-state index contributed by atoms with van der Waals surface area (Å²) in [6, 6.07) is 5.80. The molecule has 0 spiro atoms. The molecule has 0 aliphatic heterocycles. The second-order valence-corrected chi connectivity index (χ2v) is 5.48. The molecule has 0 aliphatic carbocycles. The molecule has 0 heterocycles. The number of alkyl halides is 1. The lowest BCUT2D eigenvalue weighted by Crippen LogP contribution is -2.12. The number of rotatable bonds is 3. The molecule has 1 aromatic rings. The van der Waals surface area contributed by atoms with Crippen LogP contribution in [0.5, 0.6) is 0 Å². The maximum atomic E-state index is 11.3. The quantitative estimate of drug-likeness (QED) is 0.571. The molecule has 0 atom stereocenters. The summed E-state index contributed by atoms with van der Waals surface area (Å²) in [6.45, 7) is 0. The van der Waals surface area contributed by atoms with Crippen molar-refractivity contribution in [2.45, 2.75) is 6.42 Å². The van der Waals surface area contributed by atoms with Crippen LogP contribution in [0.15, 0.2) is 22.7 Å². The number of anilines is 1. The van der Waals surface area contributed by atoms with Gasteiger partial charge in [0.2, 0.25) is 5.91 Å². The Bertz CT molecular complexity index is 344. The van der Waals surface area contributed by atoms with Crippen LogP contribution in [0.4, 0.5) is 5.69 Å². The number of carbonyl (C=O) groups excluding carboxylic acids is 1. The molecule has 0 radical (unpaired) electrons. The van der Waals surface area contributed by atoms with E-state index in [1.165, 1.54) is 0 Å². The van der Waals surface area contributed by atoms with Crippen molar-refractivity contribution in [2.75, 3.05) is 10.6 Å². The predicted octanol–water partition coefficient (Wildman–Crippen LogP) is 3.78. The zero-order valence-corrected chi connectivity index (χ0v) is 12.5. The molecule has 0 aliphatic rings. The lowest BCUT2D eigenvalue weighted by Gasteiger charge is -2.06. The van der Waals surface area contributed by atoms with Gasteiger partial charge in [-0.25, -0.2) is 0 Å². The highest BCUT2D eigenvalue weighted by Crippen LogP contribution is 2.22. The number of halogens is 3. The van der Waals surface area contributed by atoms with Gasteiger partial charge in [0.1, 0.15) is 0 Å². The van der Waals surface area contributed by atoms with E-state index in [4.69, 9.17) is 0 Å². The molecule has 0 fully saturated rings. The summed E-state index contributed by atoms with van der Waals surface area (Å²) in [4.78, 5) is 11.3. The number of benzene rings is 1. The summed E-state index contributed by atoms with van der Waals surface area (Å²) in [5.41, 5.74) is 0.853. The highest BCUT2D eigenvalue weighted by Gasteiger charge is 2.04. The van der Waals surface area contributed by atoms with Crippen molar-refractivity contribution in [1.29, 1.82) is 0 Å². The van der Waals surface area contributed by atoms with Gasteiger partial charge in [-0.3, -0.25) is 4.79 Å². The highest BCUT2D eigenvalue weighted by atomic mass is 127. The van der Waals surface area contributed by atoms with Crippen LogP contribution in [0.2, 0.25) is 0 Å². The lowest BCUT2D eigenvalue weighted by atomic mass is 10.3. The van der Waals surface area contributed by atoms with Gasteiger partial charge in [-0.05, 0) is 40.8 Å². The summed E-state index contributed by atoms with van der Waals surface area (Å²) >= 11 is 8.78. The first-order chi connectivity index (χ1) is 6.63. The zero-order chi connectivity index (χ0) is 10.6. The Morgan fingerprint density at radius 1 is 1.50 bits per heavy atom. The molecular formula is C9H8Br2INO. The summed E-state index contributed by atoms with van der Waals surface area (Å²) < 4.78 is 2.00. The van der Waals surface area contributed by atoms with Crippen LogP contribution in [-0.2, 0) is 4.79 Å². The van der Waals surface area contributed by atoms with Crippen molar-refractivity contribution in [3.63, 3.8) is 0 Å². The number of amides is 1. The average Bonchev–Trinajstić information content (AvgIpc) is 2.12. The van der Waals surface area contributed by atoms with E-state index in [9.17, 15) is 4.79 Å². The molecule has 1 rings (SSSR count). The number of nitrogens with one attached hydrogen (secondary N) is 1. The molecule has 2 nitrogen and oxygen atoms in total. The summed E-state index contributed by atoms with van der Waals surface area (Å²) in [6.07, 6.45) is 0.489. The fourth-order valence-corrected chi connectivity index (χ4v) is 2.08. The van der Waals surface area contributed by atoms with Gasteiger partial charge < -0.3 is 5.32 Å². The summed E-state index contributed by atoms with van der Waals surface area (Å²) in [7, 11) is 0. The van der Waals surface area contributed by atoms with Gasteiger partial charge in [-0.2, -0.15) is 0 Å². The number of carbonyl (C=O) groups is 1. The Morgan fingerprint density at radius 3 is 2.86 bits per heavy atom. The Labute approximate surface area is 113 Å². The van der Waals surface area contributed by atoms with Gasteiger partial charge in [0.15, 0.2) is 0 Å². The maximum absolute atomic E-state index is 11.3. The Balaban J connectivity index is 2.75. The first kappa shape index (κ1) is 12.4. The molecule has 1 amide bonds. The first-order valence-corrected chi connectivity index (χ1v) is 6.93. The van der Waals surface area contributed by atoms with E-state index in [0.29, 0.717) is 11.8 Å². The summed E-state index contributed by atoms with van der Waals surface area (Å²) in [5.74, 6) is 0.0258. The second-order valence-electron chi connectivity index (χ2n) is 2.61. The summed E-state index contributed by atoms with van der Waals surface area (Å²) in [5, 5.41) is 3.53. The van der Waals surface area contributed by atoms with Gasteiger partial charge in [-0.15, -0.1) is 0 Å². The lowest BCUT2D eigenvalue weighted by molar-refractivity contribution is -0.115. The Kier molecular flexibility index (Phi) is 5.40. The standard InChI is InChI=1S/C9H8Br2INO/c10-4-3-9(14)13-8-5-6(11)1-2-7(8)12/h1-2,5H,3-4H2,(H,13,14). The molecule has 0 unspecified atom stereocenters. The van der Waals surface area contributed by atoms with Crippen molar-refractivity contribution in [3.05, 3.63) is 26.2 Å². The van der Waals surface area contributed by atoms with Crippen LogP contribution in [0.3, 0.4) is 0 Å². The largest absolute Gasteiger partial charge is 0.325 e. The van der Waals surface area contributed by atoms with Gasteiger partial charge in [0.25, 0.3) is 0 Å². The third-order valence-corrected chi connectivity index (χ3v) is 3.35. The molecule has 0 aromatic heterocycles. The van der Waals surface area contributed by atoms with Crippen LogP contribution >= 0.6 is 54.5 Å². The minimum absolute atomic E-state index is 0.0258. The molecule has 0 saturated heterocycles. The van der Waals surface area contributed by atoms with E-state index in [1.807, 2.05) is 18.2 Å². The van der Waals surface area contributed by atoms with Crippen LogP contribution in [-0.4, -0.2) is 11.2 Å². The van der Waals surface area contributed by atoms with E-state index in [0.717, 1.165) is 13.7 Å². The van der Waals surface area contributed by atoms with E-state index < -0.39 is 0 Å². The predicted molar refractivity (Wildman–Crippen MR) is 73.9 cm³/mol. The van der Waals surface area contributed by atoms with Crippen molar-refractivity contribution in [3.8, 4) is 0 Å². The molecular weight excluding hydrogens is 425 g/mol. The second kappa shape index (κ2) is 6.07. The molecule has 1 aromatic carbocycles. The van der Waals surface area contributed by atoms with Crippen molar-refractivity contribution in [2.24, 2.45) is 0 Å². The van der Waals surface area contributed by atoms with Crippen molar-refractivity contribution >= 4 is 66.0 Å². The molecule has 5 heteroatoms. The van der Waals surface area contributed by atoms with E-state index >= 15 is 0 Å². The minimum atomic E-state index is 0.0258. The average molecular weight is 433 g/mol. The Morgan fingerprint density at radius 2 is 2.21 bits per heavy atom. The third-order valence-electron chi connectivity index (χ3n) is 1.52. The fraction of sp³-hybridized carbons (Fsp3) is 0.222. The maximum Gasteiger partial charge on any atom is 0.225 e. The van der Waals surface area contributed by atoms with Gasteiger partial charge in [0.05, 0.1) is 5.69 Å². The van der Waals surface area contributed by atoms with Gasteiger partial charge in [0, 0.05) is 19.8 Å².